The normalized spacial score (nSPS) is 18.7. The minimum atomic E-state index is -0.0959. The molecule has 1 N–H and O–H groups in total. The van der Waals surface area contributed by atoms with Gasteiger partial charge in [-0.1, -0.05) is 30.3 Å². The van der Waals surface area contributed by atoms with Gasteiger partial charge in [0.15, 0.2) is 0 Å². The zero-order valence-corrected chi connectivity index (χ0v) is 16.5. The standard InChI is InChI=1S/C21H25N7O/c1-15(20(29)24-17-7-8-17)26-9-11-27(12-10-26)19-13-18(16-5-3-2-4-6-16)25-21-22-14-23-28(19)21/h2-6,13-15,17H,7-12H2,1H3,(H,24,29). The van der Waals surface area contributed by atoms with E-state index in [0.717, 1.165) is 56.1 Å². The first-order chi connectivity index (χ1) is 14.2. The van der Waals surface area contributed by atoms with Crippen LogP contribution in [-0.2, 0) is 4.79 Å². The number of aromatic nitrogens is 4. The van der Waals surface area contributed by atoms with Gasteiger partial charge in [-0.05, 0) is 19.8 Å². The molecule has 5 rings (SSSR count). The second kappa shape index (κ2) is 7.44. The fourth-order valence-corrected chi connectivity index (χ4v) is 3.83. The quantitative estimate of drug-likeness (QED) is 0.712. The highest BCUT2D eigenvalue weighted by Crippen LogP contribution is 2.25. The van der Waals surface area contributed by atoms with Gasteiger partial charge in [-0.3, -0.25) is 9.69 Å². The average Bonchev–Trinajstić information content (AvgIpc) is 3.45. The fourth-order valence-electron chi connectivity index (χ4n) is 3.83. The van der Waals surface area contributed by atoms with Gasteiger partial charge in [0.2, 0.25) is 5.91 Å². The van der Waals surface area contributed by atoms with Gasteiger partial charge >= 0.3 is 0 Å². The SMILES string of the molecule is CC(C(=O)NC1CC1)N1CCN(c2cc(-c3ccccc3)nc3ncnn23)CC1. The van der Waals surface area contributed by atoms with Gasteiger partial charge in [-0.2, -0.15) is 14.6 Å². The summed E-state index contributed by atoms with van der Waals surface area (Å²) < 4.78 is 1.80. The van der Waals surface area contributed by atoms with Gasteiger partial charge in [0.05, 0.1) is 11.7 Å². The molecule has 150 valence electrons. The molecule has 3 heterocycles. The molecular weight excluding hydrogens is 366 g/mol. The monoisotopic (exact) mass is 391 g/mol. The Kier molecular flexibility index (Phi) is 4.63. The number of fused-ring (bicyclic) bond motifs is 1. The number of rotatable bonds is 5. The number of carbonyl (C=O) groups is 1. The van der Waals surface area contributed by atoms with E-state index in [0.29, 0.717) is 11.8 Å². The molecule has 2 aromatic heterocycles. The highest BCUT2D eigenvalue weighted by molar-refractivity contribution is 5.82. The van der Waals surface area contributed by atoms with Crippen molar-refractivity contribution in [2.75, 3.05) is 31.1 Å². The third kappa shape index (κ3) is 3.67. The van der Waals surface area contributed by atoms with E-state index in [1.165, 1.54) is 0 Å². The lowest BCUT2D eigenvalue weighted by atomic mass is 10.1. The molecule has 0 bridgehead atoms. The number of hydrogen-bond donors (Lipinski definition) is 1. The maximum Gasteiger partial charge on any atom is 0.254 e. The number of anilines is 1. The average molecular weight is 391 g/mol. The maximum atomic E-state index is 12.4. The Bertz CT molecular complexity index is 1010. The highest BCUT2D eigenvalue weighted by Gasteiger charge is 2.30. The van der Waals surface area contributed by atoms with E-state index in [1.54, 1.807) is 10.8 Å². The lowest BCUT2D eigenvalue weighted by Gasteiger charge is -2.38. The Morgan fingerprint density at radius 3 is 2.62 bits per heavy atom. The number of amides is 1. The molecule has 1 aliphatic heterocycles. The minimum absolute atomic E-state index is 0.0959. The Morgan fingerprint density at radius 1 is 1.14 bits per heavy atom. The van der Waals surface area contributed by atoms with E-state index in [9.17, 15) is 4.79 Å². The van der Waals surface area contributed by atoms with Gasteiger partial charge < -0.3 is 10.2 Å². The molecule has 1 saturated heterocycles. The van der Waals surface area contributed by atoms with Crippen LogP contribution >= 0.6 is 0 Å². The van der Waals surface area contributed by atoms with Crippen molar-refractivity contribution in [1.82, 2.24) is 29.8 Å². The minimum Gasteiger partial charge on any atom is -0.354 e. The van der Waals surface area contributed by atoms with Crippen molar-refractivity contribution in [3.8, 4) is 11.3 Å². The molecule has 0 spiro atoms. The summed E-state index contributed by atoms with van der Waals surface area (Å²) in [5.74, 6) is 1.73. The first kappa shape index (κ1) is 18.1. The molecule has 1 unspecified atom stereocenters. The number of nitrogens with zero attached hydrogens (tertiary/aromatic N) is 6. The molecule has 3 aromatic rings. The molecule has 1 saturated carbocycles. The van der Waals surface area contributed by atoms with Crippen molar-refractivity contribution < 1.29 is 4.79 Å². The number of piperazine rings is 1. The highest BCUT2D eigenvalue weighted by atomic mass is 16.2. The van der Waals surface area contributed by atoms with E-state index in [2.05, 4.69) is 48.4 Å². The lowest BCUT2D eigenvalue weighted by Crippen LogP contribution is -2.54. The van der Waals surface area contributed by atoms with Crippen molar-refractivity contribution >= 4 is 17.5 Å². The molecule has 1 aromatic carbocycles. The summed E-state index contributed by atoms with van der Waals surface area (Å²) in [6.45, 7) is 5.32. The Hall–Kier alpha value is -3.00. The van der Waals surface area contributed by atoms with Gasteiger partial charge in [0.25, 0.3) is 5.78 Å². The predicted molar refractivity (Wildman–Crippen MR) is 111 cm³/mol. The molecular formula is C21H25N7O. The van der Waals surface area contributed by atoms with Crippen molar-refractivity contribution in [3.63, 3.8) is 0 Å². The molecule has 2 aliphatic rings. The van der Waals surface area contributed by atoms with E-state index >= 15 is 0 Å². The Labute approximate surface area is 169 Å². The number of hydrogen-bond acceptors (Lipinski definition) is 6. The van der Waals surface area contributed by atoms with Crippen LogP contribution in [-0.4, -0.2) is 68.7 Å². The van der Waals surface area contributed by atoms with Gasteiger partial charge in [-0.15, -0.1) is 0 Å². The second-order valence-electron chi connectivity index (χ2n) is 7.82. The van der Waals surface area contributed by atoms with Crippen LogP contribution in [0.15, 0.2) is 42.7 Å². The fraction of sp³-hybridized carbons (Fsp3) is 0.429. The van der Waals surface area contributed by atoms with Crippen LogP contribution in [0, 0.1) is 0 Å². The summed E-state index contributed by atoms with van der Waals surface area (Å²) in [4.78, 5) is 25.9. The van der Waals surface area contributed by atoms with Crippen molar-refractivity contribution in [1.29, 1.82) is 0 Å². The Balaban J connectivity index is 1.35. The van der Waals surface area contributed by atoms with Crippen LogP contribution in [0.5, 0.6) is 0 Å². The Morgan fingerprint density at radius 2 is 1.90 bits per heavy atom. The molecule has 1 amide bonds. The first-order valence-corrected chi connectivity index (χ1v) is 10.2. The molecule has 0 radical (unpaired) electrons. The summed E-state index contributed by atoms with van der Waals surface area (Å²) in [5, 5.41) is 7.49. The van der Waals surface area contributed by atoms with Crippen molar-refractivity contribution in [3.05, 3.63) is 42.7 Å². The summed E-state index contributed by atoms with van der Waals surface area (Å²) in [5.41, 5.74) is 1.95. The van der Waals surface area contributed by atoms with E-state index in [-0.39, 0.29) is 11.9 Å². The van der Waals surface area contributed by atoms with Crippen LogP contribution < -0.4 is 10.2 Å². The molecule has 1 atom stereocenters. The molecule has 1 aliphatic carbocycles. The van der Waals surface area contributed by atoms with E-state index in [4.69, 9.17) is 0 Å². The van der Waals surface area contributed by atoms with Crippen LogP contribution in [0.2, 0.25) is 0 Å². The van der Waals surface area contributed by atoms with Crippen LogP contribution in [0.4, 0.5) is 5.82 Å². The van der Waals surface area contributed by atoms with Crippen molar-refractivity contribution in [2.24, 2.45) is 0 Å². The largest absolute Gasteiger partial charge is 0.354 e. The van der Waals surface area contributed by atoms with Gasteiger partial charge in [0.1, 0.15) is 12.1 Å². The molecule has 29 heavy (non-hydrogen) atoms. The topological polar surface area (TPSA) is 78.7 Å². The third-order valence-electron chi connectivity index (χ3n) is 5.79. The van der Waals surface area contributed by atoms with E-state index < -0.39 is 0 Å². The predicted octanol–water partition coefficient (Wildman–Crippen LogP) is 1.58. The zero-order chi connectivity index (χ0) is 19.8. The first-order valence-electron chi connectivity index (χ1n) is 10.2. The van der Waals surface area contributed by atoms with Crippen LogP contribution in [0.3, 0.4) is 0 Å². The van der Waals surface area contributed by atoms with Crippen molar-refractivity contribution in [2.45, 2.75) is 31.8 Å². The lowest BCUT2D eigenvalue weighted by molar-refractivity contribution is -0.126. The second-order valence-corrected chi connectivity index (χ2v) is 7.82. The van der Waals surface area contributed by atoms with E-state index in [1.807, 2.05) is 25.1 Å². The number of benzene rings is 1. The maximum absolute atomic E-state index is 12.4. The van der Waals surface area contributed by atoms with Crippen LogP contribution in [0.1, 0.15) is 19.8 Å². The molecule has 8 heteroatoms. The smallest absolute Gasteiger partial charge is 0.254 e. The number of nitrogens with one attached hydrogen (secondary N) is 1. The summed E-state index contributed by atoms with van der Waals surface area (Å²) in [7, 11) is 0. The summed E-state index contributed by atoms with van der Waals surface area (Å²) in [6.07, 6.45) is 3.78. The molecule has 2 fully saturated rings. The third-order valence-corrected chi connectivity index (χ3v) is 5.79. The van der Waals surface area contributed by atoms with Crippen LogP contribution in [0.25, 0.3) is 17.0 Å². The molecule has 8 nitrogen and oxygen atoms in total. The summed E-state index contributed by atoms with van der Waals surface area (Å²) >= 11 is 0. The van der Waals surface area contributed by atoms with Gasteiger partial charge in [0, 0.05) is 43.9 Å². The summed E-state index contributed by atoms with van der Waals surface area (Å²) in [6, 6.07) is 12.5. The zero-order valence-electron chi connectivity index (χ0n) is 16.5. The number of carbonyl (C=O) groups excluding carboxylic acids is 1. The van der Waals surface area contributed by atoms with Gasteiger partial charge in [-0.25, -0.2) is 4.98 Å².